The van der Waals surface area contributed by atoms with Crippen molar-refractivity contribution in [1.29, 1.82) is 0 Å². The van der Waals surface area contributed by atoms with Gasteiger partial charge in [-0.05, 0) is 68.7 Å². The number of sulfone groups is 1. The number of hydrogen-bond donors (Lipinski definition) is 3. The van der Waals surface area contributed by atoms with Crippen molar-refractivity contribution in [2.75, 3.05) is 31.9 Å². The van der Waals surface area contributed by atoms with Gasteiger partial charge in [0.15, 0.2) is 9.84 Å². The Labute approximate surface area is 286 Å². The Morgan fingerprint density at radius 3 is 2.42 bits per heavy atom. The maximum atomic E-state index is 13.7. The highest BCUT2D eigenvalue weighted by Gasteiger charge is 2.45. The average molecular weight is 686 g/mol. The molecule has 11 nitrogen and oxygen atoms in total. The van der Waals surface area contributed by atoms with E-state index in [2.05, 4.69) is 40.4 Å². The molecule has 3 heterocycles. The number of carbonyl (C=O) groups excluding carboxylic acids is 2. The molecule has 48 heavy (non-hydrogen) atoms. The van der Waals surface area contributed by atoms with Crippen molar-refractivity contribution in [3.05, 3.63) is 65.5 Å². The molecule has 1 aromatic heterocycles. The molecule has 2 aromatic rings. The van der Waals surface area contributed by atoms with Crippen LogP contribution in [0.15, 0.2) is 48.7 Å². The molecule has 0 radical (unpaired) electrons. The highest BCUT2D eigenvalue weighted by atomic mass is 32.2. The van der Waals surface area contributed by atoms with Gasteiger partial charge < -0.3 is 20.5 Å². The molecule has 2 saturated heterocycles. The first-order valence-corrected chi connectivity index (χ1v) is 18.9. The molecule has 0 spiro atoms. The van der Waals surface area contributed by atoms with E-state index in [1.807, 2.05) is 82.1 Å². The maximum Gasteiger partial charge on any atom is 0.407 e. The SMILES string of the molecule is CC(C)c1cc(CN2CCN(C[C@@H](O)[C@H](Cc3ccccc3)NC(=O)O[C@@H]3CCS(=O)(=O)[C@@H]3C(C)C)[C@H](C(=O)NC(C)(C)C)C2)ccn1. The first-order chi connectivity index (χ1) is 22.5. The van der Waals surface area contributed by atoms with E-state index in [0.29, 0.717) is 38.5 Å². The van der Waals surface area contributed by atoms with Crippen molar-refractivity contribution in [1.82, 2.24) is 25.4 Å². The second-order valence-electron chi connectivity index (χ2n) is 15.0. The number of alkyl carbamates (subject to hydrolysis) is 1. The number of benzene rings is 1. The summed E-state index contributed by atoms with van der Waals surface area (Å²) in [5.74, 6) is -0.0301. The number of nitrogens with one attached hydrogen (secondary N) is 2. The van der Waals surface area contributed by atoms with Crippen LogP contribution < -0.4 is 10.6 Å². The second-order valence-corrected chi connectivity index (χ2v) is 17.3. The van der Waals surface area contributed by atoms with Crippen LogP contribution in [0.5, 0.6) is 0 Å². The van der Waals surface area contributed by atoms with Crippen molar-refractivity contribution in [2.45, 2.75) is 109 Å². The Kier molecular flexibility index (Phi) is 12.7. The highest BCUT2D eigenvalue weighted by molar-refractivity contribution is 7.92. The topological polar surface area (TPSA) is 141 Å². The number of piperazine rings is 1. The largest absolute Gasteiger partial charge is 0.445 e. The van der Waals surface area contributed by atoms with E-state index in [9.17, 15) is 23.1 Å². The molecule has 3 N–H and O–H groups in total. The van der Waals surface area contributed by atoms with Gasteiger partial charge in [0.1, 0.15) is 17.4 Å². The predicted octanol–water partition coefficient (Wildman–Crippen LogP) is 3.52. The lowest BCUT2D eigenvalue weighted by atomic mass is 9.99. The summed E-state index contributed by atoms with van der Waals surface area (Å²) in [6.45, 7) is 16.2. The Morgan fingerprint density at radius 2 is 1.77 bits per heavy atom. The van der Waals surface area contributed by atoms with E-state index in [0.717, 1.165) is 16.8 Å². The third-order valence-electron chi connectivity index (χ3n) is 9.09. The quantitative estimate of drug-likeness (QED) is 0.306. The van der Waals surface area contributed by atoms with E-state index in [1.165, 1.54) is 0 Å². The van der Waals surface area contributed by atoms with E-state index >= 15 is 0 Å². The Bertz CT molecular complexity index is 1480. The molecule has 2 aliphatic heterocycles. The van der Waals surface area contributed by atoms with Gasteiger partial charge in [0, 0.05) is 50.2 Å². The van der Waals surface area contributed by atoms with Crippen LogP contribution >= 0.6 is 0 Å². The van der Waals surface area contributed by atoms with Crippen LogP contribution in [0.4, 0.5) is 4.79 Å². The van der Waals surface area contributed by atoms with Crippen LogP contribution in [0, 0.1) is 5.92 Å². The summed E-state index contributed by atoms with van der Waals surface area (Å²) in [5.41, 5.74) is 2.64. The highest BCUT2D eigenvalue weighted by Crippen LogP contribution is 2.29. The molecule has 0 saturated carbocycles. The molecule has 2 amide bonds. The Hall–Kier alpha value is -3.06. The van der Waals surface area contributed by atoms with Crippen LogP contribution in [-0.2, 0) is 32.3 Å². The fourth-order valence-electron chi connectivity index (χ4n) is 6.73. The van der Waals surface area contributed by atoms with Gasteiger partial charge in [0.05, 0.1) is 17.9 Å². The normalized spacial score (nSPS) is 23.2. The molecule has 0 unspecified atom stereocenters. The van der Waals surface area contributed by atoms with Crippen molar-refractivity contribution >= 4 is 21.8 Å². The zero-order chi connectivity index (χ0) is 35.2. The molecule has 4 rings (SSSR count). The number of aliphatic hydroxyl groups is 1. The molecule has 2 fully saturated rings. The lowest BCUT2D eigenvalue weighted by molar-refractivity contribution is -0.131. The molecule has 5 atom stereocenters. The number of aromatic nitrogens is 1. The zero-order valence-electron chi connectivity index (χ0n) is 29.6. The molecule has 2 aliphatic rings. The van der Waals surface area contributed by atoms with Crippen LogP contribution in [0.1, 0.15) is 77.6 Å². The number of aliphatic hydroxyl groups excluding tert-OH is 1. The lowest BCUT2D eigenvalue weighted by Gasteiger charge is -2.43. The molecule has 12 heteroatoms. The Balaban J connectivity index is 1.50. The number of rotatable bonds is 12. The minimum Gasteiger partial charge on any atom is -0.445 e. The number of carbonyl (C=O) groups is 2. The monoisotopic (exact) mass is 685 g/mol. The van der Waals surface area contributed by atoms with Gasteiger partial charge in [-0.25, -0.2) is 13.2 Å². The predicted molar refractivity (Wildman–Crippen MR) is 187 cm³/mol. The van der Waals surface area contributed by atoms with Gasteiger partial charge in [-0.1, -0.05) is 58.0 Å². The summed E-state index contributed by atoms with van der Waals surface area (Å²) in [7, 11) is -3.36. The molecule has 0 bridgehead atoms. The van der Waals surface area contributed by atoms with E-state index < -0.39 is 51.0 Å². The minimum absolute atomic E-state index is 0.0199. The minimum atomic E-state index is -3.36. The van der Waals surface area contributed by atoms with Gasteiger partial charge in [-0.3, -0.25) is 19.6 Å². The van der Waals surface area contributed by atoms with Gasteiger partial charge >= 0.3 is 6.09 Å². The van der Waals surface area contributed by atoms with Crippen LogP contribution in [0.2, 0.25) is 0 Å². The third kappa shape index (κ3) is 10.5. The van der Waals surface area contributed by atoms with Gasteiger partial charge in [-0.15, -0.1) is 0 Å². The fourth-order valence-corrected chi connectivity index (χ4v) is 9.05. The van der Waals surface area contributed by atoms with E-state index in [1.54, 1.807) is 0 Å². The summed E-state index contributed by atoms with van der Waals surface area (Å²) >= 11 is 0. The van der Waals surface area contributed by atoms with Crippen molar-refractivity contribution < 1.29 is 27.9 Å². The van der Waals surface area contributed by atoms with Gasteiger partial charge in [-0.2, -0.15) is 0 Å². The van der Waals surface area contributed by atoms with Crippen LogP contribution in [0.3, 0.4) is 0 Å². The Morgan fingerprint density at radius 1 is 1.06 bits per heavy atom. The molecule has 0 aliphatic carbocycles. The summed E-state index contributed by atoms with van der Waals surface area (Å²) in [6.07, 6.45) is -0.144. The summed E-state index contributed by atoms with van der Waals surface area (Å²) in [6, 6.07) is 12.4. The first kappa shape index (κ1) is 37.8. The summed E-state index contributed by atoms with van der Waals surface area (Å²) < 4.78 is 31.0. The van der Waals surface area contributed by atoms with Crippen molar-refractivity contribution in [3.8, 4) is 0 Å². The lowest BCUT2D eigenvalue weighted by Crippen LogP contribution is -2.63. The molecular weight excluding hydrogens is 630 g/mol. The molecular formula is C36H55N5O6S. The van der Waals surface area contributed by atoms with Crippen LogP contribution in [-0.4, -0.2) is 107 Å². The number of nitrogens with zero attached hydrogens (tertiary/aromatic N) is 3. The maximum absolute atomic E-state index is 13.7. The van der Waals surface area contributed by atoms with Crippen LogP contribution in [0.25, 0.3) is 0 Å². The molecule has 1 aromatic carbocycles. The smallest absolute Gasteiger partial charge is 0.407 e. The zero-order valence-corrected chi connectivity index (χ0v) is 30.4. The number of β-amino-alcohol motifs (C(OH)–C–C–N with tert-alkyl or cyclic N) is 1. The standard InChI is InChI=1S/C36H55N5O6S/c1-24(2)28-20-27(13-15-37-28)21-40-16-17-41(30(22-40)34(43)39-36(5,6)7)23-31(42)29(19-26-11-9-8-10-12-26)38-35(44)47-32-14-18-48(45,46)33(32)25(3)4/h8-13,15,20,24-25,29-33,42H,14,16-19,21-23H2,1-7H3,(H,38,44)(H,39,43)/t29-,30-,31+,32+,33+/m0/s1. The second kappa shape index (κ2) is 16.1. The van der Waals surface area contributed by atoms with Crippen molar-refractivity contribution in [2.24, 2.45) is 5.92 Å². The number of ether oxygens (including phenoxy) is 1. The number of pyridine rings is 1. The number of hydrogen-bond acceptors (Lipinski definition) is 9. The first-order valence-electron chi connectivity index (χ1n) is 17.2. The summed E-state index contributed by atoms with van der Waals surface area (Å²) in [4.78, 5) is 35.7. The fraction of sp³-hybridized carbons (Fsp3) is 0.639. The average Bonchev–Trinajstić information content (AvgIpc) is 3.30. The van der Waals surface area contributed by atoms with Crippen molar-refractivity contribution in [3.63, 3.8) is 0 Å². The summed E-state index contributed by atoms with van der Waals surface area (Å²) in [5, 5.41) is 16.9. The van der Waals surface area contributed by atoms with Gasteiger partial charge in [0.2, 0.25) is 5.91 Å². The number of amides is 2. The van der Waals surface area contributed by atoms with Gasteiger partial charge in [0.25, 0.3) is 0 Å². The van der Waals surface area contributed by atoms with E-state index in [4.69, 9.17) is 4.74 Å². The van der Waals surface area contributed by atoms with E-state index in [-0.39, 0.29) is 30.5 Å². The molecule has 266 valence electrons. The third-order valence-corrected chi connectivity index (χ3v) is 11.6.